The van der Waals surface area contributed by atoms with E-state index in [1.54, 1.807) is 0 Å². The minimum Gasteiger partial charge on any atom is -0.480 e. The second kappa shape index (κ2) is 3.88. The molecular weight excluding hydrogens is 176 g/mol. The Morgan fingerprint density at radius 2 is 1.92 bits per heavy atom. The Morgan fingerprint density at radius 3 is 2.15 bits per heavy atom. The maximum Gasteiger partial charge on any atom is 0.329 e. The van der Waals surface area contributed by atoms with Gasteiger partial charge in [-0.1, -0.05) is 0 Å². The quantitative estimate of drug-likeness (QED) is 0.517. The molecule has 0 saturated heterocycles. The first kappa shape index (κ1) is 11.4. The van der Waals surface area contributed by atoms with Gasteiger partial charge in [0.25, 0.3) is 0 Å². The molecule has 0 aliphatic carbocycles. The van der Waals surface area contributed by atoms with Crippen molar-refractivity contribution in [3.05, 3.63) is 0 Å². The number of nitrogens with one attached hydrogen (secondary N) is 1. The summed E-state index contributed by atoms with van der Waals surface area (Å²) in [6, 6.07) is 0. The lowest BCUT2D eigenvalue weighted by Crippen LogP contribution is -2.53. The third kappa shape index (κ3) is 3.55. The highest BCUT2D eigenvalue weighted by Gasteiger charge is 2.35. The zero-order valence-corrected chi connectivity index (χ0v) is 7.46. The molecule has 0 bridgehead atoms. The number of nitrogens with two attached hydrogens (primary N) is 1. The highest BCUT2D eigenvalue weighted by atomic mass is 16.4. The van der Waals surface area contributed by atoms with E-state index in [9.17, 15) is 14.4 Å². The van der Waals surface area contributed by atoms with Crippen LogP contribution in [0.2, 0.25) is 0 Å². The topological polar surface area (TPSA) is 109 Å². The van der Waals surface area contributed by atoms with E-state index in [0.717, 1.165) is 0 Å². The number of hydrogen-bond acceptors (Lipinski definition) is 3. The first-order chi connectivity index (χ1) is 5.78. The summed E-state index contributed by atoms with van der Waals surface area (Å²) in [5, 5.41) is 10.9. The summed E-state index contributed by atoms with van der Waals surface area (Å²) in [7, 11) is 0. The van der Waals surface area contributed by atoms with Crippen molar-refractivity contribution in [2.24, 2.45) is 5.73 Å². The van der Waals surface area contributed by atoms with E-state index in [1.165, 1.54) is 13.8 Å². The van der Waals surface area contributed by atoms with Crippen LogP contribution in [0.3, 0.4) is 0 Å². The molecule has 0 aromatic heterocycles. The molecule has 2 amide bonds. The van der Waals surface area contributed by atoms with Crippen LogP contribution in [-0.4, -0.2) is 28.4 Å². The molecule has 13 heavy (non-hydrogen) atoms. The third-order valence-corrected chi connectivity index (χ3v) is 1.45. The molecule has 4 N–H and O–H groups in total. The first-order valence-electron chi connectivity index (χ1n) is 3.58. The van der Waals surface area contributed by atoms with Crippen molar-refractivity contribution in [2.75, 3.05) is 0 Å². The van der Waals surface area contributed by atoms with E-state index < -0.39 is 29.7 Å². The Hall–Kier alpha value is -1.59. The summed E-state index contributed by atoms with van der Waals surface area (Å²) in [4.78, 5) is 31.8. The molecule has 6 nitrogen and oxygen atoms in total. The van der Waals surface area contributed by atoms with Crippen molar-refractivity contribution < 1.29 is 19.5 Å². The molecule has 0 aromatic carbocycles. The molecule has 0 aliphatic heterocycles. The number of carboxylic acids is 1. The fraction of sp³-hybridized carbons (Fsp3) is 0.571. The Morgan fingerprint density at radius 1 is 1.46 bits per heavy atom. The summed E-state index contributed by atoms with van der Waals surface area (Å²) >= 11 is 0. The fourth-order valence-corrected chi connectivity index (χ4v) is 0.910. The van der Waals surface area contributed by atoms with Crippen molar-refractivity contribution in [3.63, 3.8) is 0 Å². The second-order valence-electron chi connectivity index (χ2n) is 2.96. The summed E-state index contributed by atoms with van der Waals surface area (Å²) in [5.41, 5.74) is 3.23. The standard InChI is InChI=1S/C7H12N2O4/c1-4(10)9-7(2,6(12)13)3-5(8)11/h3H2,1-2H3,(H2,8,11)(H,9,10)(H,12,13)/t7-/m1/s1. The van der Waals surface area contributed by atoms with Crippen LogP contribution in [-0.2, 0) is 14.4 Å². The highest BCUT2D eigenvalue weighted by Crippen LogP contribution is 2.08. The number of carboxylic acid groups (broad SMARTS) is 1. The van der Waals surface area contributed by atoms with E-state index in [-0.39, 0.29) is 0 Å². The predicted molar refractivity (Wildman–Crippen MR) is 43.7 cm³/mol. The van der Waals surface area contributed by atoms with Gasteiger partial charge in [0.1, 0.15) is 5.54 Å². The Bertz CT molecular complexity index is 233. The molecule has 0 heterocycles. The lowest BCUT2D eigenvalue weighted by Gasteiger charge is -2.23. The van der Waals surface area contributed by atoms with Gasteiger partial charge in [-0.2, -0.15) is 0 Å². The van der Waals surface area contributed by atoms with Gasteiger partial charge in [-0.15, -0.1) is 0 Å². The lowest BCUT2D eigenvalue weighted by molar-refractivity contribution is -0.148. The Labute approximate surface area is 75.1 Å². The highest BCUT2D eigenvalue weighted by molar-refractivity contribution is 5.90. The molecule has 0 rings (SSSR count). The molecule has 0 aromatic rings. The van der Waals surface area contributed by atoms with Crippen LogP contribution in [0, 0.1) is 0 Å². The van der Waals surface area contributed by atoms with Gasteiger partial charge in [0.05, 0.1) is 6.42 Å². The Balaban J connectivity index is 4.62. The summed E-state index contributed by atoms with van der Waals surface area (Å²) in [6.45, 7) is 2.39. The monoisotopic (exact) mass is 188 g/mol. The van der Waals surface area contributed by atoms with Crippen LogP contribution in [0.4, 0.5) is 0 Å². The van der Waals surface area contributed by atoms with Gasteiger partial charge in [-0.05, 0) is 6.92 Å². The van der Waals surface area contributed by atoms with Gasteiger partial charge in [0.2, 0.25) is 11.8 Å². The van der Waals surface area contributed by atoms with Crippen LogP contribution in [0.15, 0.2) is 0 Å². The zero-order valence-electron chi connectivity index (χ0n) is 7.46. The fourth-order valence-electron chi connectivity index (χ4n) is 0.910. The van der Waals surface area contributed by atoms with Gasteiger partial charge in [-0.25, -0.2) is 4.79 Å². The number of aliphatic carboxylic acids is 1. The minimum atomic E-state index is -1.61. The van der Waals surface area contributed by atoms with E-state index in [0.29, 0.717) is 0 Å². The van der Waals surface area contributed by atoms with Crippen molar-refractivity contribution in [1.82, 2.24) is 5.32 Å². The van der Waals surface area contributed by atoms with E-state index in [4.69, 9.17) is 10.8 Å². The largest absolute Gasteiger partial charge is 0.480 e. The number of primary amides is 1. The molecule has 6 heteroatoms. The van der Waals surface area contributed by atoms with Crippen LogP contribution in [0.1, 0.15) is 20.3 Å². The number of carbonyl (C=O) groups is 3. The zero-order chi connectivity index (χ0) is 10.6. The maximum absolute atomic E-state index is 10.7. The molecular formula is C7H12N2O4. The van der Waals surface area contributed by atoms with E-state index in [1.807, 2.05) is 0 Å². The SMILES string of the molecule is CC(=O)N[C@](C)(CC(N)=O)C(=O)O. The molecule has 0 radical (unpaired) electrons. The lowest BCUT2D eigenvalue weighted by atomic mass is 9.97. The predicted octanol–water partition coefficient (Wildman–Crippen LogP) is -1.16. The minimum absolute atomic E-state index is 0.429. The van der Waals surface area contributed by atoms with Crippen molar-refractivity contribution in [1.29, 1.82) is 0 Å². The van der Waals surface area contributed by atoms with Crippen molar-refractivity contribution >= 4 is 17.8 Å². The van der Waals surface area contributed by atoms with Gasteiger partial charge in [-0.3, -0.25) is 9.59 Å². The summed E-state index contributed by atoms with van der Waals surface area (Å²) in [5.74, 6) is -2.59. The number of hydrogen-bond donors (Lipinski definition) is 3. The average Bonchev–Trinajstić information content (AvgIpc) is 1.82. The molecule has 1 atom stereocenters. The van der Waals surface area contributed by atoms with Gasteiger partial charge < -0.3 is 16.2 Å². The number of carbonyl (C=O) groups excluding carboxylic acids is 2. The Kier molecular flexibility index (Phi) is 3.41. The molecule has 0 saturated carbocycles. The summed E-state index contributed by atoms with van der Waals surface area (Å²) in [6.07, 6.45) is -0.429. The van der Waals surface area contributed by atoms with Crippen LogP contribution in [0.5, 0.6) is 0 Å². The van der Waals surface area contributed by atoms with Gasteiger partial charge in [0.15, 0.2) is 0 Å². The second-order valence-corrected chi connectivity index (χ2v) is 2.96. The van der Waals surface area contributed by atoms with Crippen molar-refractivity contribution in [3.8, 4) is 0 Å². The average molecular weight is 188 g/mol. The molecule has 0 aliphatic rings. The molecule has 74 valence electrons. The first-order valence-corrected chi connectivity index (χ1v) is 3.58. The van der Waals surface area contributed by atoms with Crippen LogP contribution < -0.4 is 11.1 Å². The number of rotatable bonds is 4. The van der Waals surface area contributed by atoms with E-state index >= 15 is 0 Å². The molecule has 0 spiro atoms. The normalized spacial score (nSPS) is 14.3. The third-order valence-electron chi connectivity index (χ3n) is 1.45. The molecule has 0 unspecified atom stereocenters. The molecule has 0 fully saturated rings. The van der Waals surface area contributed by atoms with E-state index in [2.05, 4.69) is 5.32 Å². The van der Waals surface area contributed by atoms with Crippen LogP contribution in [0.25, 0.3) is 0 Å². The smallest absolute Gasteiger partial charge is 0.329 e. The number of amides is 2. The maximum atomic E-state index is 10.7. The van der Waals surface area contributed by atoms with Crippen molar-refractivity contribution in [2.45, 2.75) is 25.8 Å². The summed E-state index contributed by atoms with van der Waals surface area (Å²) < 4.78 is 0. The van der Waals surface area contributed by atoms with Gasteiger partial charge >= 0.3 is 5.97 Å². The van der Waals surface area contributed by atoms with Crippen LogP contribution >= 0.6 is 0 Å². The van der Waals surface area contributed by atoms with Gasteiger partial charge in [0, 0.05) is 6.92 Å².